The fraction of sp³-hybridized carbons (Fsp3) is 0.737. The molecule has 4 rings (SSSR count). The minimum Gasteiger partial charge on any atom is -0.355 e. The SMILES string of the molecule is CCc1nnc2ccc(N3CCC[C@H](CN4CCCCCC4)C3)nn12. The lowest BCUT2D eigenvalue weighted by Crippen LogP contribution is -2.41. The molecule has 4 heterocycles. The van der Waals surface area contributed by atoms with Gasteiger partial charge in [0.05, 0.1) is 0 Å². The first kappa shape index (κ1) is 16.8. The van der Waals surface area contributed by atoms with E-state index in [-0.39, 0.29) is 0 Å². The Balaban J connectivity index is 1.45. The smallest absolute Gasteiger partial charge is 0.178 e. The number of likely N-dealkylation sites (tertiary alicyclic amines) is 1. The quantitative estimate of drug-likeness (QED) is 0.855. The zero-order valence-electron chi connectivity index (χ0n) is 15.4. The van der Waals surface area contributed by atoms with Crippen molar-refractivity contribution in [2.24, 2.45) is 5.92 Å². The third kappa shape index (κ3) is 3.78. The average Bonchev–Trinajstić information content (AvgIpc) is 2.89. The second kappa shape index (κ2) is 7.68. The van der Waals surface area contributed by atoms with Gasteiger partial charge in [0.1, 0.15) is 5.82 Å². The fourth-order valence-corrected chi connectivity index (χ4v) is 4.32. The standard InChI is InChI=1S/C19H30N6/c1-2-17-20-21-18-9-10-19(22-25(17)18)24-13-7-8-16(15-24)14-23-11-5-3-4-6-12-23/h9-10,16H,2-8,11-15H2,1H3/t16-/m1/s1. The van der Waals surface area contributed by atoms with E-state index in [1.54, 1.807) is 0 Å². The maximum atomic E-state index is 4.83. The summed E-state index contributed by atoms with van der Waals surface area (Å²) < 4.78 is 1.91. The lowest BCUT2D eigenvalue weighted by atomic mass is 9.97. The summed E-state index contributed by atoms with van der Waals surface area (Å²) in [6, 6.07) is 4.16. The van der Waals surface area contributed by atoms with Gasteiger partial charge in [0, 0.05) is 26.1 Å². The largest absolute Gasteiger partial charge is 0.355 e. The van der Waals surface area contributed by atoms with Crippen molar-refractivity contribution in [1.82, 2.24) is 24.7 Å². The molecule has 2 aromatic rings. The third-order valence-corrected chi connectivity index (χ3v) is 5.69. The van der Waals surface area contributed by atoms with Crippen molar-refractivity contribution in [2.45, 2.75) is 51.9 Å². The molecule has 2 aliphatic heterocycles. The van der Waals surface area contributed by atoms with Crippen LogP contribution in [0, 0.1) is 5.92 Å². The Labute approximate surface area is 150 Å². The molecule has 1 atom stereocenters. The van der Waals surface area contributed by atoms with Crippen molar-refractivity contribution in [1.29, 1.82) is 0 Å². The molecule has 0 aliphatic carbocycles. The van der Waals surface area contributed by atoms with Gasteiger partial charge in [-0.2, -0.15) is 4.52 Å². The van der Waals surface area contributed by atoms with E-state index in [1.807, 2.05) is 10.6 Å². The Bertz CT molecular complexity index is 688. The molecule has 6 nitrogen and oxygen atoms in total. The maximum absolute atomic E-state index is 4.83. The van der Waals surface area contributed by atoms with E-state index in [1.165, 1.54) is 58.2 Å². The zero-order valence-corrected chi connectivity index (χ0v) is 15.4. The van der Waals surface area contributed by atoms with Crippen molar-refractivity contribution < 1.29 is 0 Å². The summed E-state index contributed by atoms with van der Waals surface area (Å²) in [5.74, 6) is 2.77. The van der Waals surface area contributed by atoms with Crippen LogP contribution < -0.4 is 4.90 Å². The molecule has 2 saturated heterocycles. The van der Waals surface area contributed by atoms with Crippen molar-refractivity contribution in [3.05, 3.63) is 18.0 Å². The van der Waals surface area contributed by atoms with Crippen molar-refractivity contribution in [2.75, 3.05) is 37.6 Å². The van der Waals surface area contributed by atoms with Gasteiger partial charge < -0.3 is 9.80 Å². The predicted octanol–water partition coefficient (Wildman–Crippen LogP) is 2.78. The molecule has 6 heteroatoms. The number of nitrogens with zero attached hydrogens (tertiary/aromatic N) is 6. The monoisotopic (exact) mass is 342 g/mol. The Morgan fingerprint density at radius 1 is 1.00 bits per heavy atom. The Morgan fingerprint density at radius 2 is 1.84 bits per heavy atom. The summed E-state index contributed by atoms with van der Waals surface area (Å²) in [6.07, 6.45) is 9.05. The van der Waals surface area contributed by atoms with Gasteiger partial charge >= 0.3 is 0 Å². The number of anilines is 1. The molecule has 2 aromatic heterocycles. The van der Waals surface area contributed by atoms with Gasteiger partial charge in [-0.25, -0.2) is 0 Å². The van der Waals surface area contributed by atoms with E-state index >= 15 is 0 Å². The zero-order chi connectivity index (χ0) is 17.1. The molecule has 0 saturated carbocycles. The highest BCUT2D eigenvalue weighted by Crippen LogP contribution is 2.23. The van der Waals surface area contributed by atoms with E-state index in [0.717, 1.165) is 42.7 Å². The molecule has 0 N–H and O–H groups in total. The number of hydrogen-bond acceptors (Lipinski definition) is 5. The second-order valence-electron chi connectivity index (χ2n) is 7.60. The summed E-state index contributed by atoms with van der Waals surface area (Å²) >= 11 is 0. The van der Waals surface area contributed by atoms with Crippen LogP contribution in [0.4, 0.5) is 5.82 Å². The number of aryl methyl sites for hydroxylation is 1. The van der Waals surface area contributed by atoms with Crippen LogP contribution in [-0.2, 0) is 6.42 Å². The van der Waals surface area contributed by atoms with Crippen LogP contribution in [0.15, 0.2) is 12.1 Å². The summed E-state index contributed by atoms with van der Waals surface area (Å²) in [6.45, 7) is 8.17. The topological polar surface area (TPSA) is 49.6 Å². The summed E-state index contributed by atoms with van der Waals surface area (Å²) in [4.78, 5) is 5.16. The van der Waals surface area contributed by atoms with Crippen LogP contribution in [0.2, 0.25) is 0 Å². The highest BCUT2D eigenvalue weighted by Gasteiger charge is 2.24. The number of aromatic nitrogens is 4. The minimum absolute atomic E-state index is 0.760. The normalized spacial score (nSPS) is 23.1. The number of rotatable bonds is 4. The first-order valence-corrected chi connectivity index (χ1v) is 10.0. The Hall–Kier alpha value is -1.69. The van der Waals surface area contributed by atoms with Gasteiger partial charge in [-0.05, 0) is 56.8 Å². The predicted molar refractivity (Wildman–Crippen MR) is 100 cm³/mol. The molecular formula is C19H30N6. The molecule has 0 spiro atoms. The van der Waals surface area contributed by atoms with Crippen molar-refractivity contribution in [3.8, 4) is 0 Å². The summed E-state index contributed by atoms with van der Waals surface area (Å²) in [5, 5.41) is 13.3. The number of piperidine rings is 1. The molecule has 0 radical (unpaired) electrons. The lowest BCUT2D eigenvalue weighted by Gasteiger charge is -2.36. The van der Waals surface area contributed by atoms with Gasteiger partial charge in [0.25, 0.3) is 0 Å². The molecule has 2 aliphatic rings. The molecule has 0 amide bonds. The first-order valence-electron chi connectivity index (χ1n) is 10.0. The van der Waals surface area contributed by atoms with Gasteiger partial charge in [0.15, 0.2) is 11.5 Å². The third-order valence-electron chi connectivity index (χ3n) is 5.69. The van der Waals surface area contributed by atoms with Crippen LogP contribution >= 0.6 is 0 Å². The lowest BCUT2D eigenvalue weighted by molar-refractivity contribution is 0.222. The molecule has 136 valence electrons. The molecule has 2 fully saturated rings. The second-order valence-corrected chi connectivity index (χ2v) is 7.60. The van der Waals surface area contributed by atoms with Gasteiger partial charge in [-0.3, -0.25) is 0 Å². The van der Waals surface area contributed by atoms with Gasteiger partial charge in [-0.15, -0.1) is 15.3 Å². The fourth-order valence-electron chi connectivity index (χ4n) is 4.32. The minimum atomic E-state index is 0.760. The van der Waals surface area contributed by atoms with E-state index in [0.29, 0.717) is 0 Å². The molecule has 0 unspecified atom stereocenters. The summed E-state index contributed by atoms with van der Waals surface area (Å²) in [5.41, 5.74) is 0.846. The van der Waals surface area contributed by atoms with E-state index < -0.39 is 0 Å². The van der Waals surface area contributed by atoms with Crippen molar-refractivity contribution in [3.63, 3.8) is 0 Å². The van der Waals surface area contributed by atoms with Gasteiger partial charge in [0.2, 0.25) is 0 Å². The van der Waals surface area contributed by atoms with E-state index in [4.69, 9.17) is 5.10 Å². The molecule has 0 aromatic carbocycles. The molecule has 0 bridgehead atoms. The Kier molecular flexibility index (Phi) is 5.15. The highest BCUT2D eigenvalue weighted by molar-refractivity contribution is 5.46. The van der Waals surface area contributed by atoms with Crippen LogP contribution in [0.3, 0.4) is 0 Å². The van der Waals surface area contributed by atoms with E-state index in [9.17, 15) is 0 Å². The Morgan fingerprint density at radius 3 is 2.64 bits per heavy atom. The molecular weight excluding hydrogens is 312 g/mol. The average molecular weight is 342 g/mol. The van der Waals surface area contributed by atoms with E-state index in [2.05, 4.69) is 33.0 Å². The van der Waals surface area contributed by atoms with Crippen LogP contribution in [0.1, 0.15) is 51.3 Å². The maximum Gasteiger partial charge on any atom is 0.178 e. The number of hydrogen-bond donors (Lipinski definition) is 0. The van der Waals surface area contributed by atoms with Crippen LogP contribution in [-0.4, -0.2) is 57.4 Å². The van der Waals surface area contributed by atoms with Crippen LogP contribution in [0.25, 0.3) is 5.65 Å². The summed E-state index contributed by atoms with van der Waals surface area (Å²) in [7, 11) is 0. The van der Waals surface area contributed by atoms with Crippen molar-refractivity contribution >= 4 is 11.5 Å². The number of fused-ring (bicyclic) bond motifs is 1. The van der Waals surface area contributed by atoms with Crippen LogP contribution in [0.5, 0.6) is 0 Å². The molecule has 25 heavy (non-hydrogen) atoms. The van der Waals surface area contributed by atoms with Gasteiger partial charge in [-0.1, -0.05) is 19.8 Å². The first-order chi connectivity index (χ1) is 12.3. The highest BCUT2D eigenvalue weighted by atomic mass is 15.4.